The molecule has 0 aromatic rings. The van der Waals surface area contributed by atoms with Gasteiger partial charge >= 0.3 is 17.9 Å². The topological polar surface area (TPSA) is 78.9 Å². The van der Waals surface area contributed by atoms with Crippen molar-refractivity contribution in [2.45, 2.75) is 277 Å². The predicted octanol–water partition coefficient (Wildman–Crippen LogP) is 15.3. The molecule has 0 heterocycles. The molecule has 6 heteroatoms. The molecule has 0 unspecified atom stereocenters. The number of hydrogen-bond acceptors (Lipinski definition) is 6. The van der Waals surface area contributed by atoms with Gasteiger partial charge in [0, 0.05) is 19.3 Å². The lowest BCUT2D eigenvalue weighted by atomic mass is 10.0. The molecule has 0 rings (SSSR count). The summed E-state index contributed by atoms with van der Waals surface area (Å²) >= 11 is 0. The molecular formula is C48H92O6. The van der Waals surface area contributed by atoms with E-state index in [2.05, 4.69) is 20.8 Å². The second kappa shape index (κ2) is 44.1. The standard InChI is InChI=1S/C48H92O6/c1-4-7-10-13-16-18-20-21-22-23-24-25-26-28-30-33-36-39-42-48(51)54-45(43-52-46(49)40-37-34-31-15-12-9-6-3)44-53-47(50)41-38-35-32-29-27-19-17-14-11-8-5-2/h45H,4-44H2,1-3H3/t45-/m0/s1. The van der Waals surface area contributed by atoms with Gasteiger partial charge in [-0.05, 0) is 19.3 Å². The fourth-order valence-corrected chi connectivity index (χ4v) is 7.21. The van der Waals surface area contributed by atoms with E-state index >= 15 is 0 Å². The molecule has 0 saturated carbocycles. The van der Waals surface area contributed by atoms with Crippen LogP contribution in [0.1, 0.15) is 271 Å². The summed E-state index contributed by atoms with van der Waals surface area (Å²) in [6.45, 7) is 6.62. The second-order valence-electron chi connectivity index (χ2n) is 16.4. The highest BCUT2D eigenvalue weighted by atomic mass is 16.6. The fraction of sp³-hybridized carbons (Fsp3) is 0.938. The molecule has 0 amide bonds. The van der Waals surface area contributed by atoms with Crippen LogP contribution < -0.4 is 0 Å². The van der Waals surface area contributed by atoms with E-state index in [9.17, 15) is 14.4 Å². The maximum Gasteiger partial charge on any atom is 0.306 e. The van der Waals surface area contributed by atoms with Gasteiger partial charge in [0.15, 0.2) is 6.10 Å². The van der Waals surface area contributed by atoms with Gasteiger partial charge in [-0.1, -0.05) is 233 Å². The molecule has 0 aliphatic carbocycles. The summed E-state index contributed by atoms with van der Waals surface area (Å²) in [5.41, 5.74) is 0. The second-order valence-corrected chi connectivity index (χ2v) is 16.4. The molecule has 0 saturated heterocycles. The average Bonchev–Trinajstić information content (AvgIpc) is 3.17. The zero-order valence-corrected chi connectivity index (χ0v) is 36.5. The van der Waals surface area contributed by atoms with Crippen molar-refractivity contribution < 1.29 is 28.6 Å². The first kappa shape index (κ1) is 52.4. The van der Waals surface area contributed by atoms with E-state index in [-0.39, 0.29) is 31.1 Å². The van der Waals surface area contributed by atoms with Crippen molar-refractivity contribution in [2.75, 3.05) is 13.2 Å². The number of esters is 3. The highest BCUT2D eigenvalue weighted by Gasteiger charge is 2.19. The van der Waals surface area contributed by atoms with Crippen LogP contribution >= 0.6 is 0 Å². The maximum atomic E-state index is 12.7. The lowest BCUT2D eigenvalue weighted by molar-refractivity contribution is -0.167. The van der Waals surface area contributed by atoms with Crippen LogP contribution in [0.4, 0.5) is 0 Å². The minimum absolute atomic E-state index is 0.0631. The third-order valence-corrected chi connectivity index (χ3v) is 10.9. The molecule has 0 aromatic heterocycles. The first-order chi connectivity index (χ1) is 26.5. The van der Waals surface area contributed by atoms with Gasteiger partial charge in [-0.3, -0.25) is 14.4 Å². The monoisotopic (exact) mass is 765 g/mol. The van der Waals surface area contributed by atoms with Crippen molar-refractivity contribution in [3.05, 3.63) is 0 Å². The molecule has 1 atom stereocenters. The summed E-state index contributed by atoms with van der Waals surface area (Å²) in [5.74, 6) is -0.855. The summed E-state index contributed by atoms with van der Waals surface area (Å²) in [4.78, 5) is 37.6. The Morgan fingerprint density at radius 3 is 0.741 bits per heavy atom. The van der Waals surface area contributed by atoms with E-state index in [1.54, 1.807) is 0 Å². The Bertz CT molecular complexity index is 798. The highest BCUT2D eigenvalue weighted by molar-refractivity contribution is 5.71. The van der Waals surface area contributed by atoms with Crippen LogP contribution in [0.15, 0.2) is 0 Å². The minimum Gasteiger partial charge on any atom is -0.462 e. The number of carbonyl (C=O) groups excluding carboxylic acids is 3. The van der Waals surface area contributed by atoms with Gasteiger partial charge in [-0.15, -0.1) is 0 Å². The Hall–Kier alpha value is -1.59. The van der Waals surface area contributed by atoms with Crippen LogP contribution in [0.5, 0.6) is 0 Å². The summed E-state index contributed by atoms with van der Waals surface area (Å²) < 4.78 is 16.7. The van der Waals surface area contributed by atoms with Gasteiger partial charge in [0.25, 0.3) is 0 Å². The fourth-order valence-electron chi connectivity index (χ4n) is 7.21. The molecule has 6 nitrogen and oxygen atoms in total. The van der Waals surface area contributed by atoms with Gasteiger partial charge < -0.3 is 14.2 Å². The molecule has 0 N–H and O–H groups in total. The van der Waals surface area contributed by atoms with E-state index in [1.807, 2.05) is 0 Å². The van der Waals surface area contributed by atoms with Gasteiger partial charge in [0.1, 0.15) is 13.2 Å². The van der Waals surface area contributed by atoms with Crippen LogP contribution in [0.25, 0.3) is 0 Å². The van der Waals surface area contributed by atoms with Crippen molar-refractivity contribution in [1.29, 1.82) is 0 Å². The number of hydrogen-bond donors (Lipinski definition) is 0. The zero-order valence-electron chi connectivity index (χ0n) is 36.5. The summed E-state index contributed by atoms with van der Waals surface area (Å²) in [6, 6.07) is 0. The zero-order chi connectivity index (χ0) is 39.4. The number of rotatable bonds is 44. The molecule has 0 fully saturated rings. The molecule has 0 spiro atoms. The van der Waals surface area contributed by atoms with Gasteiger partial charge in [-0.25, -0.2) is 0 Å². The Kier molecular flexibility index (Phi) is 42.8. The third-order valence-electron chi connectivity index (χ3n) is 10.9. The molecule has 0 aliphatic heterocycles. The summed E-state index contributed by atoms with van der Waals surface area (Å²) in [6.07, 6.45) is 45.3. The quantitative estimate of drug-likeness (QED) is 0.0349. The van der Waals surface area contributed by atoms with Crippen molar-refractivity contribution in [3.8, 4) is 0 Å². The number of carbonyl (C=O) groups is 3. The number of unbranched alkanes of at least 4 members (excludes halogenated alkanes) is 33. The lowest BCUT2D eigenvalue weighted by Crippen LogP contribution is -2.30. The van der Waals surface area contributed by atoms with E-state index in [0.717, 1.165) is 57.8 Å². The Morgan fingerprint density at radius 2 is 0.500 bits per heavy atom. The molecule has 0 aromatic carbocycles. The highest BCUT2D eigenvalue weighted by Crippen LogP contribution is 2.16. The smallest absolute Gasteiger partial charge is 0.306 e. The molecule has 320 valence electrons. The predicted molar refractivity (Wildman–Crippen MR) is 229 cm³/mol. The van der Waals surface area contributed by atoms with E-state index < -0.39 is 6.10 Å². The SMILES string of the molecule is CCCCCCCCCCCCCCCCCCCCC(=O)O[C@@H](COC(=O)CCCCCCCCC)COC(=O)CCCCCCCCCCCCC. The Morgan fingerprint density at radius 1 is 0.296 bits per heavy atom. The third kappa shape index (κ3) is 41.6. The van der Waals surface area contributed by atoms with Crippen LogP contribution in [-0.4, -0.2) is 37.2 Å². The largest absolute Gasteiger partial charge is 0.462 e. The van der Waals surface area contributed by atoms with Crippen molar-refractivity contribution in [2.24, 2.45) is 0 Å². The summed E-state index contributed by atoms with van der Waals surface area (Å²) in [5, 5.41) is 0. The first-order valence-corrected chi connectivity index (χ1v) is 24.0. The molecular weight excluding hydrogens is 673 g/mol. The van der Waals surface area contributed by atoms with Crippen molar-refractivity contribution in [1.82, 2.24) is 0 Å². The normalized spacial score (nSPS) is 11.8. The molecule has 0 radical (unpaired) electrons. The van der Waals surface area contributed by atoms with Crippen LogP contribution in [0.2, 0.25) is 0 Å². The van der Waals surface area contributed by atoms with E-state index in [4.69, 9.17) is 14.2 Å². The average molecular weight is 765 g/mol. The molecule has 54 heavy (non-hydrogen) atoms. The van der Waals surface area contributed by atoms with Crippen molar-refractivity contribution >= 4 is 17.9 Å². The Labute approximate surface area is 336 Å². The first-order valence-electron chi connectivity index (χ1n) is 24.0. The van der Waals surface area contributed by atoms with Gasteiger partial charge in [0.05, 0.1) is 0 Å². The van der Waals surface area contributed by atoms with Crippen LogP contribution in [0, 0.1) is 0 Å². The Balaban J connectivity index is 4.19. The minimum atomic E-state index is -0.757. The van der Waals surface area contributed by atoms with Gasteiger partial charge in [0.2, 0.25) is 0 Å². The lowest BCUT2D eigenvalue weighted by Gasteiger charge is -2.18. The maximum absolute atomic E-state index is 12.7. The number of ether oxygens (including phenoxy) is 3. The molecule has 0 bridgehead atoms. The van der Waals surface area contributed by atoms with Crippen molar-refractivity contribution in [3.63, 3.8) is 0 Å². The molecule has 0 aliphatic rings. The summed E-state index contributed by atoms with van der Waals surface area (Å²) in [7, 11) is 0. The van der Waals surface area contributed by atoms with Crippen LogP contribution in [-0.2, 0) is 28.6 Å². The van der Waals surface area contributed by atoms with Gasteiger partial charge in [-0.2, -0.15) is 0 Å². The van der Waals surface area contributed by atoms with E-state index in [1.165, 1.54) is 173 Å². The van der Waals surface area contributed by atoms with Crippen LogP contribution in [0.3, 0.4) is 0 Å². The van der Waals surface area contributed by atoms with E-state index in [0.29, 0.717) is 19.3 Å².